The fraction of sp³-hybridized carbons (Fsp3) is 1.00. The highest BCUT2D eigenvalue weighted by molar-refractivity contribution is 4.99. The Kier molecular flexibility index (Phi) is 3.10. The largest absolute Gasteiger partial charge is 0.385 e. The molecule has 2 aliphatic rings. The summed E-state index contributed by atoms with van der Waals surface area (Å²) in [5, 5.41) is 14.0. The van der Waals surface area contributed by atoms with Gasteiger partial charge < -0.3 is 15.2 Å². The van der Waals surface area contributed by atoms with Crippen molar-refractivity contribution >= 4 is 0 Å². The van der Waals surface area contributed by atoms with Gasteiger partial charge in [0.1, 0.15) is 5.60 Å². The Bertz CT molecular complexity index is 190. The van der Waals surface area contributed by atoms with Crippen LogP contribution in [0.5, 0.6) is 0 Å². The summed E-state index contributed by atoms with van der Waals surface area (Å²) in [6.45, 7) is 3.73. The monoisotopic (exact) mass is 199 g/mol. The van der Waals surface area contributed by atoms with Gasteiger partial charge in [-0.2, -0.15) is 0 Å². The SMILES string of the molecule is CC1OCCC1(O)C1CCCCCN1. The van der Waals surface area contributed by atoms with Gasteiger partial charge in [-0.05, 0) is 26.3 Å². The summed E-state index contributed by atoms with van der Waals surface area (Å²) in [4.78, 5) is 0. The molecular formula is C11H21NO2. The minimum atomic E-state index is -0.621. The quantitative estimate of drug-likeness (QED) is 0.663. The van der Waals surface area contributed by atoms with Gasteiger partial charge in [0.25, 0.3) is 0 Å². The van der Waals surface area contributed by atoms with Crippen LogP contribution in [0.4, 0.5) is 0 Å². The first kappa shape index (κ1) is 10.4. The summed E-state index contributed by atoms with van der Waals surface area (Å²) in [6, 6.07) is 0.238. The zero-order valence-corrected chi connectivity index (χ0v) is 8.96. The Labute approximate surface area is 85.8 Å². The van der Waals surface area contributed by atoms with Gasteiger partial charge in [0.05, 0.1) is 6.10 Å². The average molecular weight is 199 g/mol. The second-order valence-electron chi connectivity index (χ2n) is 4.61. The van der Waals surface area contributed by atoms with Crippen molar-refractivity contribution in [2.75, 3.05) is 13.2 Å². The van der Waals surface area contributed by atoms with Gasteiger partial charge in [0, 0.05) is 19.1 Å². The molecule has 0 aliphatic carbocycles. The van der Waals surface area contributed by atoms with Crippen LogP contribution in [0.15, 0.2) is 0 Å². The van der Waals surface area contributed by atoms with E-state index in [4.69, 9.17) is 4.74 Å². The molecule has 0 saturated carbocycles. The fourth-order valence-corrected chi connectivity index (χ4v) is 2.66. The molecule has 0 amide bonds. The van der Waals surface area contributed by atoms with Gasteiger partial charge in [-0.3, -0.25) is 0 Å². The highest BCUT2D eigenvalue weighted by Gasteiger charge is 2.45. The molecule has 3 heteroatoms. The van der Waals surface area contributed by atoms with E-state index in [0.717, 1.165) is 19.4 Å². The van der Waals surface area contributed by atoms with Crippen LogP contribution in [0.25, 0.3) is 0 Å². The van der Waals surface area contributed by atoms with Crippen molar-refractivity contribution < 1.29 is 9.84 Å². The zero-order chi connectivity index (χ0) is 10.0. The highest BCUT2D eigenvalue weighted by Crippen LogP contribution is 2.32. The molecule has 82 valence electrons. The molecule has 0 spiro atoms. The predicted molar refractivity (Wildman–Crippen MR) is 55.2 cm³/mol. The normalized spacial score (nSPS) is 45.0. The second kappa shape index (κ2) is 4.17. The lowest BCUT2D eigenvalue weighted by atomic mass is 9.85. The molecule has 2 aliphatic heterocycles. The van der Waals surface area contributed by atoms with Crippen LogP contribution in [-0.2, 0) is 4.74 Å². The van der Waals surface area contributed by atoms with Crippen LogP contribution in [0.1, 0.15) is 39.0 Å². The van der Waals surface area contributed by atoms with E-state index in [-0.39, 0.29) is 12.1 Å². The third-order valence-corrected chi connectivity index (χ3v) is 3.74. The number of ether oxygens (including phenoxy) is 1. The highest BCUT2D eigenvalue weighted by atomic mass is 16.5. The maximum absolute atomic E-state index is 10.5. The Morgan fingerprint density at radius 2 is 2.21 bits per heavy atom. The number of hydrogen-bond donors (Lipinski definition) is 2. The molecule has 2 N–H and O–H groups in total. The molecule has 0 radical (unpaired) electrons. The van der Waals surface area contributed by atoms with Crippen molar-refractivity contribution in [3.05, 3.63) is 0 Å². The average Bonchev–Trinajstić information content (AvgIpc) is 2.47. The zero-order valence-electron chi connectivity index (χ0n) is 8.96. The molecule has 3 unspecified atom stereocenters. The standard InChI is InChI=1S/C11H21NO2/c1-9-11(13,6-8-14-9)10-5-3-2-4-7-12-10/h9-10,12-13H,2-8H2,1H3. The summed E-state index contributed by atoms with van der Waals surface area (Å²) in [5.74, 6) is 0. The molecule has 2 fully saturated rings. The predicted octanol–water partition coefficient (Wildman–Crippen LogP) is 1.06. The van der Waals surface area contributed by atoms with Gasteiger partial charge in [-0.1, -0.05) is 12.8 Å². The third kappa shape index (κ3) is 1.81. The maximum Gasteiger partial charge on any atom is 0.108 e. The summed E-state index contributed by atoms with van der Waals surface area (Å²) < 4.78 is 5.47. The number of aliphatic hydroxyl groups is 1. The van der Waals surface area contributed by atoms with Crippen LogP contribution in [-0.4, -0.2) is 36.0 Å². The van der Waals surface area contributed by atoms with Crippen LogP contribution in [0.2, 0.25) is 0 Å². The lowest BCUT2D eigenvalue weighted by Crippen LogP contribution is -2.54. The van der Waals surface area contributed by atoms with E-state index in [1.807, 2.05) is 6.92 Å². The molecule has 0 aromatic heterocycles. The number of nitrogens with one attached hydrogen (secondary N) is 1. The van der Waals surface area contributed by atoms with Crippen molar-refractivity contribution in [1.29, 1.82) is 0 Å². The van der Waals surface area contributed by atoms with E-state index in [9.17, 15) is 5.11 Å². The molecule has 14 heavy (non-hydrogen) atoms. The third-order valence-electron chi connectivity index (χ3n) is 3.74. The first-order valence-corrected chi connectivity index (χ1v) is 5.81. The van der Waals surface area contributed by atoms with E-state index in [1.165, 1.54) is 19.3 Å². The van der Waals surface area contributed by atoms with E-state index >= 15 is 0 Å². The van der Waals surface area contributed by atoms with Gasteiger partial charge in [0.2, 0.25) is 0 Å². The van der Waals surface area contributed by atoms with E-state index < -0.39 is 5.60 Å². The number of rotatable bonds is 1. The fourth-order valence-electron chi connectivity index (χ4n) is 2.66. The smallest absolute Gasteiger partial charge is 0.108 e. The van der Waals surface area contributed by atoms with Crippen LogP contribution in [0, 0.1) is 0 Å². The molecule has 0 aromatic carbocycles. The summed E-state index contributed by atoms with van der Waals surface area (Å²) in [5.41, 5.74) is -0.621. The summed E-state index contributed by atoms with van der Waals surface area (Å²) >= 11 is 0. The van der Waals surface area contributed by atoms with Crippen molar-refractivity contribution in [3.8, 4) is 0 Å². The van der Waals surface area contributed by atoms with Gasteiger partial charge >= 0.3 is 0 Å². The van der Waals surface area contributed by atoms with Crippen LogP contribution >= 0.6 is 0 Å². The summed E-state index contributed by atoms with van der Waals surface area (Å²) in [7, 11) is 0. The number of hydrogen-bond acceptors (Lipinski definition) is 3. The van der Waals surface area contributed by atoms with Crippen LogP contribution < -0.4 is 5.32 Å². The molecular weight excluding hydrogens is 178 g/mol. The molecule has 0 bridgehead atoms. The van der Waals surface area contributed by atoms with E-state index in [0.29, 0.717) is 6.61 Å². The lowest BCUT2D eigenvalue weighted by Gasteiger charge is -2.35. The van der Waals surface area contributed by atoms with Gasteiger partial charge in [0.15, 0.2) is 0 Å². The van der Waals surface area contributed by atoms with Crippen molar-refractivity contribution in [1.82, 2.24) is 5.32 Å². The van der Waals surface area contributed by atoms with Gasteiger partial charge in [-0.15, -0.1) is 0 Å². The first-order chi connectivity index (χ1) is 6.73. The van der Waals surface area contributed by atoms with Crippen LogP contribution in [0.3, 0.4) is 0 Å². The lowest BCUT2D eigenvalue weighted by molar-refractivity contribution is -0.0543. The minimum absolute atomic E-state index is 0.0156. The Morgan fingerprint density at radius 1 is 1.36 bits per heavy atom. The molecule has 3 atom stereocenters. The molecule has 2 rings (SSSR count). The molecule has 3 nitrogen and oxygen atoms in total. The summed E-state index contributed by atoms with van der Waals surface area (Å²) in [6.07, 6.45) is 5.61. The van der Waals surface area contributed by atoms with Gasteiger partial charge in [-0.25, -0.2) is 0 Å². The molecule has 2 saturated heterocycles. The minimum Gasteiger partial charge on any atom is -0.385 e. The Hall–Kier alpha value is -0.120. The molecule has 2 heterocycles. The van der Waals surface area contributed by atoms with E-state index in [2.05, 4.69) is 5.32 Å². The van der Waals surface area contributed by atoms with Crippen molar-refractivity contribution in [3.63, 3.8) is 0 Å². The Balaban J connectivity index is 2.03. The van der Waals surface area contributed by atoms with Crippen molar-refractivity contribution in [2.24, 2.45) is 0 Å². The van der Waals surface area contributed by atoms with Crippen molar-refractivity contribution in [2.45, 2.75) is 56.8 Å². The first-order valence-electron chi connectivity index (χ1n) is 5.81. The topological polar surface area (TPSA) is 41.5 Å². The maximum atomic E-state index is 10.5. The van der Waals surface area contributed by atoms with E-state index in [1.54, 1.807) is 0 Å². The Morgan fingerprint density at radius 3 is 2.93 bits per heavy atom. The second-order valence-corrected chi connectivity index (χ2v) is 4.61. The molecule has 0 aromatic rings.